The second-order valence-electron chi connectivity index (χ2n) is 6.93. The predicted octanol–water partition coefficient (Wildman–Crippen LogP) is 2.83. The first-order valence-electron chi connectivity index (χ1n) is 8.24. The van der Waals surface area contributed by atoms with Crippen LogP contribution in [0.1, 0.15) is 42.8 Å². The highest BCUT2D eigenvalue weighted by molar-refractivity contribution is 7.29. The van der Waals surface area contributed by atoms with Gasteiger partial charge in [0.2, 0.25) is 0 Å². The van der Waals surface area contributed by atoms with Gasteiger partial charge in [0.1, 0.15) is 4.83 Å². The average Bonchev–Trinajstić information content (AvgIpc) is 3.22. The molecule has 0 spiro atoms. The van der Waals surface area contributed by atoms with Crippen LogP contribution in [0.4, 0.5) is 5.13 Å². The van der Waals surface area contributed by atoms with E-state index in [-0.39, 0.29) is 17.5 Å². The Morgan fingerprint density at radius 1 is 1.39 bits per heavy atom. The number of nitrogens with one attached hydrogen (secondary N) is 2. The number of rotatable bonds is 3. The molecule has 4 rings (SSSR count). The molecular formula is C16H22N4OS2. The molecule has 2 aliphatic heterocycles. The van der Waals surface area contributed by atoms with Gasteiger partial charge in [-0.1, -0.05) is 11.3 Å². The van der Waals surface area contributed by atoms with Gasteiger partial charge in [0.15, 0.2) is 5.13 Å². The standard InChI is InChI=1S/C16H22N4OS2/c1-16(2)12(5-6-17-16)18-13(21)10-9-11-14(22-10)19-15(23-11)20-7-3-4-8-20/h9,12,17H,3-8H2,1-2H3,(H,18,21). The van der Waals surface area contributed by atoms with Crippen molar-refractivity contribution < 1.29 is 4.79 Å². The van der Waals surface area contributed by atoms with Crippen LogP contribution in [0.2, 0.25) is 0 Å². The number of thiophene rings is 1. The molecule has 2 fully saturated rings. The molecule has 23 heavy (non-hydrogen) atoms. The maximum atomic E-state index is 12.5. The summed E-state index contributed by atoms with van der Waals surface area (Å²) >= 11 is 3.22. The highest BCUT2D eigenvalue weighted by Crippen LogP contribution is 2.36. The number of carbonyl (C=O) groups excluding carboxylic acids is 1. The van der Waals surface area contributed by atoms with Crippen molar-refractivity contribution in [3.63, 3.8) is 0 Å². The molecular weight excluding hydrogens is 328 g/mol. The Morgan fingerprint density at radius 3 is 2.83 bits per heavy atom. The number of aromatic nitrogens is 1. The highest BCUT2D eigenvalue weighted by Gasteiger charge is 2.35. The molecule has 7 heteroatoms. The van der Waals surface area contributed by atoms with Gasteiger partial charge in [-0.3, -0.25) is 4.79 Å². The van der Waals surface area contributed by atoms with Crippen LogP contribution in [-0.4, -0.2) is 42.1 Å². The third-order valence-electron chi connectivity index (χ3n) is 4.87. The Bertz CT molecular complexity index is 698. The van der Waals surface area contributed by atoms with E-state index in [0.29, 0.717) is 0 Å². The van der Waals surface area contributed by atoms with E-state index in [1.165, 1.54) is 24.2 Å². The molecule has 2 aliphatic rings. The number of hydrogen-bond donors (Lipinski definition) is 2. The van der Waals surface area contributed by atoms with E-state index in [9.17, 15) is 4.79 Å². The largest absolute Gasteiger partial charge is 0.348 e. The van der Waals surface area contributed by atoms with Crippen molar-refractivity contribution in [2.75, 3.05) is 24.5 Å². The molecule has 2 aromatic rings. The van der Waals surface area contributed by atoms with Gasteiger partial charge >= 0.3 is 0 Å². The van der Waals surface area contributed by atoms with Gasteiger partial charge in [0.05, 0.1) is 9.58 Å². The molecule has 0 bridgehead atoms. The highest BCUT2D eigenvalue weighted by atomic mass is 32.1. The molecule has 1 amide bonds. The van der Waals surface area contributed by atoms with Crippen molar-refractivity contribution in [1.82, 2.24) is 15.6 Å². The number of thiazole rings is 1. The van der Waals surface area contributed by atoms with E-state index in [4.69, 9.17) is 4.98 Å². The number of nitrogens with zero attached hydrogens (tertiary/aromatic N) is 2. The van der Waals surface area contributed by atoms with Crippen molar-refractivity contribution in [2.45, 2.75) is 44.7 Å². The van der Waals surface area contributed by atoms with E-state index >= 15 is 0 Å². The minimum Gasteiger partial charge on any atom is -0.348 e. The second kappa shape index (κ2) is 5.72. The molecule has 0 aliphatic carbocycles. The van der Waals surface area contributed by atoms with Crippen molar-refractivity contribution in [3.8, 4) is 0 Å². The van der Waals surface area contributed by atoms with Gasteiger partial charge in [0, 0.05) is 24.7 Å². The average molecular weight is 351 g/mol. The fourth-order valence-corrected chi connectivity index (χ4v) is 5.55. The number of anilines is 1. The van der Waals surface area contributed by atoms with Crippen molar-refractivity contribution in [2.24, 2.45) is 0 Å². The number of fused-ring (bicyclic) bond motifs is 1. The van der Waals surface area contributed by atoms with Crippen LogP contribution in [0.3, 0.4) is 0 Å². The summed E-state index contributed by atoms with van der Waals surface area (Å²) in [4.78, 5) is 21.4. The third-order valence-corrected chi connectivity index (χ3v) is 7.09. The van der Waals surface area contributed by atoms with Crippen molar-refractivity contribution in [1.29, 1.82) is 0 Å². The molecule has 124 valence electrons. The van der Waals surface area contributed by atoms with Crippen LogP contribution >= 0.6 is 22.7 Å². The first-order chi connectivity index (χ1) is 11.0. The first kappa shape index (κ1) is 15.4. The maximum absolute atomic E-state index is 12.5. The zero-order valence-electron chi connectivity index (χ0n) is 13.5. The quantitative estimate of drug-likeness (QED) is 0.894. The molecule has 2 saturated heterocycles. The summed E-state index contributed by atoms with van der Waals surface area (Å²) in [6.45, 7) is 7.46. The predicted molar refractivity (Wildman–Crippen MR) is 96.9 cm³/mol. The molecule has 2 N–H and O–H groups in total. The van der Waals surface area contributed by atoms with Gasteiger partial charge in [-0.05, 0) is 45.7 Å². The third kappa shape index (κ3) is 2.86. The van der Waals surface area contributed by atoms with Crippen LogP contribution in [0.25, 0.3) is 9.53 Å². The zero-order valence-corrected chi connectivity index (χ0v) is 15.1. The Hall–Kier alpha value is -1.18. The Morgan fingerprint density at radius 2 is 2.17 bits per heavy atom. The van der Waals surface area contributed by atoms with E-state index in [2.05, 4.69) is 29.4 Å². The molecule has 0 radical (unpaired) electrons. The van der Waals surface area contributed by atoms with Gasteiger partial charge in [-0.15, -0.1) is 11.3 Å². The number of carbonyl (C=O) groups is 1. The first-order valence-corrected chi connectivity index (χ1v) is 9.87. The summed E-state index contributed by atoms with van der Waals surface area (Å²) in [5.74, 6) is 0.0321. The topological polar surface area (TPSA) is 57.3 Å². The summed E-state index contributed by atoms with van der Waals surface area (Å²) in [5, 5.41) is 7.73. The summed E-state index contributed by atoms with van der Waals surface area (Å²) in [6.07, 6.45) is 3.49. The van der Waals surface area contributed by atoms with Crippen LogP contribution in [0.15, 0.2) is 6.07 Å². The minimum absolute atomic E-state index is 0.0321. The Balaban J connectivity index is 1.50. The molecule has 5 nitrogen and oxygen atoms in total. The molecule has 2 aromatic heterocycles. The summed E-state index contributed by atoms with van der Waals surface area (Å²) < 4.78 is 1.13. The summed E-state index contributed by atoms with van der Waals surface area (Å²) in [5.41, 5.74) is -0.0362. The second-order valence-corrected chi connectivity index (χ2v) is 8.97. The van der Waals surface area contributed by atoms with Gasteiger partial charge in [0.25, 0.3) is 5.91 Å². The summed E-state index contributed by atoms with van der Waals surface area (Å²) in [6, 6.07) is 2.19. The lowest BCUT2D eigenvalue weighted by Crippen LogP contribution is -2.50. The van der Waals surface area contributed by atoms with Crippen LogP contribution in [0.5, 0.6) is 0 Å². The van der Waals surface area contributed by atoms with Crippen LogP contribution < -0.4 is 15.5 Å². The fourth-order valence-electron chi connectivity index (χ4n) is 3.38. The van der Waals surface area contributed by atoms with Crippen molar-refractivity contribution >= 4 is 43.2 Å². The lowest BCUT2D eigenvalue weighted by atomic mass is 9.97. The molecule has 4 heterocycles. The van der Waals surface area contributed by atoms with Gasteiger partial charge in [-0.2, -0.15) is 0 Å². The number of amides is 1. The minimum atomic E-state index is -0.0362. The molecule has 1 atom stereocenters. The normalized spacial score (nSPS) is 23.7. The van der Waals surface area contributed by atoms with E-state index in [1.807, 2.05) is 6.07 Å². The monoisotopic (exact) mass is 350 g/mol. The SMILES string of the molecule is CC1(C)NCCC1NC(=O)c1cc2sc(N3CCCC3)nc2s1. The number of hydrogen-bond acceptors (Lipinski definition) is 6. The van der Waals surface area contributed by atoms with Crippen molar-refractivity contribution in [3.05, 3.63) is 10.9 Å². The smallest absolute Gasteiger partial charge is 0.261 e. The molecule has 1 unspecified atom stereocenters. The lowest BCUT2D eigenvalue weighted by Gasteiger charge is -2.27. The van der Waals surface area contributed by atoms with E-state index in [0.717, 1.165) is 45.6 Å². The molecule has 0 aromatic carbocycles. The zero-order chi connectivity index (χ0) is 16.0. The van der Waals surface area contributed by atoms with Gasteiger partial charge < -0.3 is 15.5 Å². The Labute approximate surface area is 144 Å². The Kier molecular flexibility index (Phi) is 3.82. The van der Waals surface area contributed by atoms with E-state index < -0.39 is 0 Å². The summed E-state index contributed by atoms with van der Waals surface area (Å²) in [7, 11) is 0. The maximum Gasteiger partial charge on any atom is 0.261 e. The molecule has 0 saturated carbocycles. The van der Waals surface area contributed by atoms with Gasteiger partial charge in [-0.25, -0.2) is 4.98 Å². The van der Waals surface area contributed by atoms with Crippen LogP contribution in [-0.2, 0) is 0 Å². The fraction of sp³-hybridized carbons (Fsp3) is 0.625. The van der Waals surface area contributed by atoms with Crippen LogP contribution in [0, 0.1) is 0 Å². The van der Waals surface area contributed by atoms with E-state index in [1.54, 1.807) is 11.3 Å². The lowest BCUT2D eigenvalue weighted by molar-refractivity contribution is 0.0928.